The number of nitrogens with one attached hydrogen (secondary N) is 1. The lowest BCUT2D eigenvalue weighted by Crippen LogP contribution is -2.37. The first-order valence-electron chi connectivity index (χ1n) is 7.69. The number of amides is 1. The fourth-order valence-electron chi connectivity index (χ4n) is 3.25. The zero-order valence-electron chi connectivity index (χ0n) is 13.8. The molecule has 3 N–H and O–H groups in total. The maximum absolute atomic E-state index is 12.5. The number of nitrogens with zero attached hydrogens (tertiary/aromatic N) is 1. The smallest absolute Gasteiger partial charge is 0.255 e. The molecule has 1 aliphatic carbocycles. The van der Waals surface area contributed by atoms with Crippen LogP contribution in [0.3, 0.4) is 0 Å². The number of benzene rings is 1. The molecule has 0 spiro atoms. The van der Waals surface area contributed by atoms with Gasteiger partial charge in [0.2, 0.25) is 0 Å². The molecule has 3 rings (SSSR count). The number of hydrogen-bond donors (Lipinski definition) is 2. The molecule has 1 amide bonds. The van der Waals surface area contributed by atoms with E-state index < -0.39 is 0 Å². The average Bonchev–Trinajstić information content (AvgIpc) is 3.25. The molecule has 2 unspecified atom stereocenters. The number of methoxy groups -OCH3 is 1. The van der Waals surface area contributed by atoms with Gasteiger partial charge in [-0.1, -0.05) is 11.6 Å². The van der Waals surface area contributed by atoms with Gasteiger partial charge in [0.25, 0.3) is 5.91 Å². The van der Waals surface area contributed by atoms with Crippen molar-refractivity contribution in [3.05, 3.63) is 22.7 Å². The maximum Gasteiger partial charge on any atom is 0.255 e. The molecule has 5 nitrogen and oxygen atoms in total. The fraction of sp³-hybridized carbons (Fsp3) is 0.562. The minimum atomic E-state index is -0.159. The van der Waals surface area contributed by atoms with E-state index in [1.807, 2.05) is 0 Å². The van der Waals surface area contributed by atoms with Crippen LogP contribution in [0, 0.1) is 0 Å². The van der Waals surface area contributed by atoms with Crippen molar-refractivity contribution in [3.8, 4) is 5.75 Å². The summed E-state index contributed by atoms with van der Waals surface area (Å²) in [7, 11) is 1.52. The molecule has 2 aliphatic rings. The number of likely N-dealkylation sites (tertiary alicyclic amines) is 1. The summed E-state index contributed by atoms with van der Waals surface area (Å²) in [5, 5.41) is 3.47. The number of nitrogens with two attached hydrogens (primary N) is 1. The number of anilines is 1. The molecule has 2 fully saturated rings. The monoisotopic (exact) mass is 395 g/mol. The summed E-state index contributed by atoms with van der Waals surface area (Å²) >= 11 is 6.03. The van der Waals surface area contributed by atoms with Crippen molar-refractivity contribution >= 4 is 48.0 Å². The van der Waals surface area contributed by atoms with E-state index in [2.05, 4.69) is 17.1 Å². The van der Waals surface area contributed by atoms with Crippen LogP contribution in [0.25, 0.3) is 0 Å². The number of halogens is 3. The molecule has 1 saturated heterocycles. The van der Waals surface area contributed by atoms with Crippen molar-refractivity contribution in [2.24, 2.45) is 0 Å². The largest absolute Gasteiger partial charge is 0.496 e. The number of hydrogen-bond acceptors (Lipinski definition) is 4. The van der Waals surface area contributed by atoms with Gasteiger partial charge in [-0.05, 0) is 32.3 Å². The van der Waals surface area contributed by atoms with Crippen molar-refractivity contribution < 1.29 is 9.53 Å². The maximum atomic E-state index is 12.5. The van der Waals surface area contributed by atoms with Gasteiger partial charge in [-0.25, -0.2) is 0 Å². The highest BCUT2D eigenvalue weighted by molar-refractivity contribution is 6.33. The molecule has 1 heterocycles. The molecular weight excluding hydrogens is 373 g/mol. The summed E-state index contributed by atoms with van der Waals surface area (Å²) < 4.78 is 5.25. The average molecular weight is 397 g/mol. The topological polar surface area (TPSA) is 67.6 Å². The van der Waals surface area contributed by atoms with E-state index in [4.69, 9.17) is 22.1 Å². The van der Waals surface area contributed by atoms with E-state index in [9.17, 15) is 4.79 Å². The lowest BCUT2D eigenvalue weighted by molar-refractivity contribution is 0.0934. The molecule has 1 saturated carbocycles. The minimum Gasteiger partial charge on any atom is -0.496 e. The zero-order valence-corrected chi connectivity index (χ0v) is 16.1. The second kappa shape index (κ2) is 8.48. The van der Waals surface area contributed by atoms with Crippen molar-refractivity contribution in [1.29, 1.82) is 0 Å². The molecule has 2 atom stereocenters. The first-order valence-corrected chi connectivity index (χ1v) is 8.07. The Labute approximate surface area is 160 Å². The van der Waals surface area contributed by atoms with E-state index in [0.29, 0.717) is 28.1 Å². The van der Waals surface area contributed by atoms with Gasteiger partial charge >= 0.3 is 0 Å². The van der Waals surface area contributed by atoms with E-state index in [1.165, 1.54) is 20.0 Å². The Hall–Kier alpha value is -0.880. The predicted octanol–water partition coefficient (Wildman–Crippen LogP) is 3.13. The Balaban J connectivity index is 0.00000144. The minimum absolute atomic E-state index is 0. The number of nitrogen functional groups attached to an aromatic ring is 1. The molecule has 0 radical (unpaired) electrons. The highest BCUT2D eigenvalue weighted by Crippen LogP contribution is 2.34. The van der Waals surface area contributed by atoms with Crippen molar-refractivity contribution in [3.63, 3.8) is 0 Å². The lowest BCUT2D eigenvalue weighted by Gasteiger charge is -2.19. The molecule has 0 bridgehead atoms. The quantitative estimate of drug-likeness (QED) is 0.767. The second-order valence-electron chi connectivity index (χ2n) is 6.26. The third kappa shape index (κ3) is 4.39. The van der Waals surface area contributed by atoms with E-state index in [1.54, 1.807) is 12.1 Å². The summed E-state index contributed by atoms with van der Waals surface area (Å²) in [5.74, 6) is 0.290. The number of carbonyl (C=O) groups is 1. The van der Waals surface area contributed by atoms with Crippen LogP contribution in [0.2, 0.25) is 5.02 Å². The third-order valence-electron chi connectivity index (χ3n) is 4.54. The number of carbonyl (C=O) groups excluding carboxylic acids is 1. The molecule has 1 aromatic carbocycles. The van der Waals surface area contributed by atoms with E-state index in [-0.39, 0.29) is 36.8 Å². The van der Waals surface area contributed by atoms with Gasteiger partial charge in [-0.3, -0.25) is 9.69 Å². The SMILES string of the molecule is COc1cc(N)c(Cl)cc1C(=O)NC1CC(C)N(C2CC2)C1.Cl.Cl. The molecular formula is C16H24Cl3N3O2. The molecule has 136 valence electrons. The number of ether oxygens (including phenoxy) is 1. The van der Waals surface area contributed by atoms with Crippen molar-refractivity contribution in [2.75, 3.05) is 19.4 Å². The van der Waals surface area contributed by atoms with Crippen LogP contribution in [0.5, 0.6) is 5.75 Å². The van der Waals surface area contributed by atoms with Gasteiger partial charge in [-0.2, -0.15) is 0 Å². The summed E-state index contributed by atoms with van der Waals surface area (Å²) in [4.78, 5) is 15.0. The van der Waals surface area contributed by atoms with E-state index >= 15 is 0 Å². The van der Waals surface area contributed by atoms with Gasteiger partial charge in [0.05, 0.1) is 23.4 Å². The zero-order chi connectivity index (χ0) is 15.9. The van der Waals surface area contributed by atoms with Crippen LogP contribution < -0.4 is 15.8 Å². The van der Waals surface area contributed by atoms with Gasteiger partial charge < -0.3 is 15.8 Å². The van der Waals surface area contributed by atoms with Crippen LogP contribution in [0.4, 0.5) is 5.69 Å². The molecule has 1 aromatic rings. The first-order chi connectivity index (χ1) is 10.5. The molecule has 0 aromatic heterocycles. The molecule has 8 heteroatoms. The summed E-state index contributed by atoms with van der Waals surface area (Å²) in [5.41, 5.74) is 6.59. The van der Waals surface area contributed by atoms with Gasteiger partial charge in [0.1, 0.15) is 5.75 Å². The summed E-state index contributed by atoms with van der Waals surface area (Å²) in [6.45, 7) is 3.15. The standard InChI is InChI=1S/C16H22ClN3O2.2ClH/c1-9-5-10(8-20(9)11-3-4-11)19-16(21)12-6-13(17)14(18)7-15(12)22-2;;/h6-7,9-11H,3-5,8,18H2,1-2H3,(H,19,21);2*1H. The lowest BCUT2D eigenvalue weighted by atomic mass is 10.1. The predicted molar refractivity (Wildman–Crippen MR) is 102 cm³/mol. The van der Waals surface area contributed by atoms with Crippen molar-refractivity contribution in [2.45, 2.75) is 44.3 Å². The Bertz CT molecular complexity index is 596. The third-order valence-corrected chi connectivity index (χ3v) is 4.86. The van der Waals surface area contributed by atoms with Crippen LogP contribution in [-0.4, -0.2) is 42.6 Å². The highest BCUT2D eigenvalue weighted by Gasteiger charge is 2.39. The Morgan fingerprint density at radius 3 is 2.62 bits per heavy atom. The first kappa shape index (κ1) is 21.2. The summed E-state index contributed by atoms with van der Waals surface area (Å²) in [6.07, 6.45) is 3.55. The van der Waals surface area contributed by atoms with Crippen LogP contribution in [0.15, 0.2) is 12.1 Å². The fourth-order valence-corrected chi connectivity index (χ4v) is 3.42. The van der Waals surface area contributed by atoms with Gasteiger partial charge in [0.15, 0.2) is 0 Å². The Kier molecular flexibility index (Phi) is 7.47. The van der Waals surface area contributed by atoms with Crippen LogP contribution in [0.1, 0.15) is 36.5 Å². The second-order valence-corrected chi connectivity index (χ2v) is 6.66. The van der Waals surface area contributed by atoms with E-state index in [0.717, 1.165) is 19.0 Å². The Morgan fingerprint density at radius 2 is 2.04 bits per heavy atom. The van der Waals surface area contributed by atoms with Gasteiger partial charge in [-0.15, -0.1) is 24.8 Å². The molecule has 1 aliphatic heterocycles. The normalized spacial score (nSPS) is 23.1. The van der Waals surface area contributed by atoms with Crippen LogP contribution >= 0.6 is 36.4 Å². The molecule has 24 heavy (non-hydrogen) atoms. The summed E-state index contributed by atoms with van der Waals surface area (Å²) in [6, 6.07) is 4.57. The Morgan fingerprint density at radius 1 is 1.38 bits per heavy atom. The highest BCUT2D eigenvalue weighted by atomic mass is 35.5. The number of rotatable bonds is 4. The van der Waals surface area contributed by atoms with Crippen LogP contribution in [-0.2, 0) is 0 Å². The van der Waals surface area contributed by atoms with Crippen molar-refractivity contribution in [1.82, 2.24) is 10.2 Å². The van der Waals surface area contributed by atoms with Gasteiger partial charge in [0, 0.05) is 30.7 Å².